The highest BCUT2D eigenvalue weighted by Crippen LogP contribution is 2.32. The predicted molar refractivity (Wildman–Crippen MR) is 97.7 cm³/mol. The highest BCUT2D eigenvalue weighted by molar-refractivity contribution is 7.13. The molecular formula is C18H21N3O4S. The number of piperidine rings is 1. The van der Waals surface area contributed by atoms with Gasteiger partial charge in [0, 0.05) is 13.1 Å². The second kappa shape index (κ2) is 7.74. The summed E-state index contributed by atoms with van der Waals surface area (Å²) in [6.45, 7) is 2.80. The molecule has 1 aliphatic rings. The average Bonchev–Trinajstić information content (AvgIpc) is 3.05. The number of nitrogen functional groups attached to an aromatic ring is 1. The molecule has 1 aliphatic heterocycles. The summed E-state index contributed by atoms with van der Waals surface area (Å²) in [6, 6.07) is 9.47. The molecule has 138 valence electrons. The minimum atomic E-state index is -0.803. The van der Waals surface area contributed by atoms with Crippen LogP contribution in [0.25, 0.3) is 0 Å². The van der Waals surface area contributed by atoms with Crippen LogP contribution in [0.3, 0.4) is 0 Å². The van der Waals surface area contributed by atoms with Gasteiger partial charge < -0.3 is 20.1 Å². The maximum Gasteiger partial charge on any atom is 0.410 e. The van der Waals surface area contributed by atoms with Crippen LogP contribution in [0.4, 0.5) is 9.93 Å². The number of aromatic nitrogens is 1. The van der Waals surface area contributed by atoms with Crippen molar-refractivity contribution in [1.29, 1.82) is 0 Å². The molecule has 0 spiro atoms. The Labute approximate surface area is 155 Å². The number of rotatable bonds is 4. The second-order valence-corrected chi connectivity index (χ2v) is 7.43. The molecule has 0 radical (unpaired) electrons. The molecule has 1 fully saturated rings. The number of esters is 1. The van der Waals surface area contributed by atoms with Crippen LogP contribution in [-0.2, 0) is 16.1 Å². The number of thiazole rings is 1. The Kier molecular flexibility index (Phi) is 5.41. The zero-order chi connectivity index (χ0) is 18.6. The van der Waals surface area contributed by atoms with Gasteiger partial charge >= 0.3 is 12.1 Å². The monoisotopic (exact) mass is 375 g/mol. The highest BCUT2D eigenvalue weighted by Gasteiger charge is 2.41. The lowest BCUT2D eigenvalue weighted by molar-refractivity contribution is -0.148. The Bertz CT molecular complexity index is 780. The number of benzene rings is 1. The smallest absolute Gasteiger partial charge is 0.410 e. The molecule has 1 unspecified atom stereocenters. The van der Waals surface area contributed by atoms with E-state index in [1.807, 2.05) is 30.3 Å². The van der Waals surface area contributed by atoms with Crippen molar-refractivity contribution < 1.29 is 19.1 Å². The van der Waals surface area contributed by atoms with Crippen LogP contribution in [0.2, 0.25) is 0 Å². The van der Waals surface area contributed by atoms with Gasteiger partial charge in [-0.25, -0.2) is 4.79 Å². The van der Waals surface area contributed by atoms with E-state index >= 15 is 0 Å². The number of hydrogen-bond acceptors (Lipinski definition) is 7. The molecule has 26 heavy (non-hydrogen) atoms. The summed E-state index contributed by atoms with van der Waals surface area (Å²) in [4.78, 5) is 30.4. The minimum Gasteiger partial charge on any atom is -0.445 e. The van der Waals surface area contributed by atoms with Gasteiger partial charge in [-0.1, -0.05) is 30.3 Å². The summed E-state index contributed by atoms with van der Waals surface area (Å²) in [5, 5.41) is 1.93. The first-order valence-corrected chi connectivity index (χ1v) is 9.23. The maximum absolute atomic E-state index is 12.6. The molecule has 8 heteroatoms. The van der Waals surface area contributed by atoms with Crippen molar-refractivity contribution in [2.45, 2.75) is 26.4 Å². The summed E-state index contributed by atoms with van der Waals surface area (Å²) in [7, 11) is 0. The number of nitrogens with two attached hydrogens (primary N) is 1. The van der Waals surface area contributed by atoms with Gasteiger partial charge in [0.15, 0.2) is 5.13 Å². The van der Waals surface area contributed by atoms with E-state index in [0.29, 0.717) is 24.5 Å². The van der Waals surface area contributed by atoms with E-state index in [2.05, 4.69) is 4.98 Å². The van der Waals surface area contributed by atoms with E-state index in [1.165, 1.54) is 11.3 Å². The molecule has 0 bridgehead atoms. The number of nitrogens with zero attached hydrogens (tertiary/aromatic N) is 2. The molecule has 7 nitrogen and oxygen atoms in total. The Morgan fingerprint density at radius 2 is 2.12 bits per heavy atom. The number of ether oxygens (including phenoxy) is 2. The van der Waals surface area contributed by atoms with Crippen molar-refractivity contribution in [3.63, 3.8) is 0 Å². The predicted octanol–water partition coefficient (Wildman–Crippen LogP) is 3.07. The van der Waals surface area contributed by atoms with E-state index in [0.717, 1.165) is 5.56 Å². The van der Waals surface area contributed by atoms with E-state index in [-0.39, 0.29) is 19.0 Å². The van der Waals surface area contributed by atoms with E-state index in [1.54, 1.807) is 17.2 Å². The molecule has 0 aliphatic carbocycles. The summed E-state index contributed by atoms with van der Waals surface area (Å²) in [6.07, 6.45) is 0.907. The van der Waals surface area contributed by atoms with Crippen molar-refractivity contribution in [3.05, 3.63) is 41.3 Å². The first kappa shape index (κ1) is 18.2. The molecule has 1 amide bonds. The highest BCUT2D eigenvalue weighted by atomic mass is 32.1. The molecule has 1 atom stereocenters. The van der Waals surface area contributed by atoms with Crippen LogP contribution < -0.4 is 10.5 Å². The standard InChI is InChI=1S/C18H21N3O4S/c1-18(15(22)25-14-11-26-16(19)20-14)8-5-9-21(12-18)17(23)24-10-13-6-3-2-4-7-13/h2-4,6-7,11H,5,8-10,12H2,1H3,(H2,19,20). The lowest BCUT2D eigenvalue weighted by Gasteiger charge is -2.37. The van der Waals surface area contributed by atoms with Crippen molar-refractivity contribution in [1.82, 2.24) is 9.88 Å². The first-order chi connectivity index (χ1) is 12.5. The third kappa shape index (κ3) is 4.32. The number of carbonyl (C=O) groups is 2. The van der Waals surface area contributed by atoms with Crippen molar-refractivity contribution in [2.24, 2.45) is 5.41 Å². The molecule has 2 aromatic rings. The van der Waals surface area contributed by atoms with Gasteiger partial charge in [0.1, 0.15) is 6.61 Å². The van der Waals surface area contributed by atoms with Gasteiger partial charge in [-0.2, -0.15) is 4.98 Å². The molecule has 2 N–H and O–H groups in total. The molecule has 1 aromatic carbocycles. The number of anilines is 1. The number of amides is 1. The zero-order valence-electron chi connectivity index (χ0n) is 14.5. The number of hydrogen-bond donors (Lipinski definition) is 1. The van der Waals surface area contributed by atoms with Gasteiger partial charge in [0.25, 0.3) is 0 Å². The lowest BCUT2D eigenvalue weighted by Crippen LogP contribution is -2.49. The molecule has 1 aromatic heterocycles. The van der Waals surface area contributed by atoms with Crippen molar-refractivity contribution >= 4 is 28.5 Å². The van der Waals surface area contributed by atoms with Crippen LogP contribution >= 0.6 is 11.3 Å². The van der Waals surface area contributed by atoms with Crippen LogP contribution in [0.5, 0.6) is 5.88 Å². The fourth-order valence-corrected chi connectivity index (χ4v) is 3.37. The van der Waals surface area contributed by atoms with E-state index in [4.69, 9.17) is 15.2 Å². The summed E-state index contributed by atoms with van der Waals surface area (Å²) >= 11 is 1.21. The Morgan fingerprint density at radius 3 is 2.81 bits per heavy atom. The van der Waals surface area contributed by atoms with Gasteiger partial charge in [0.05, 0.1) is 10.8 Å². The summed E-state index contributed by atoms with van der Waals surface area (Å²) in [5.41, 5.74) is 5.67. The van der Waals surface area contributed by atoms with Crippen molar-refractivity contribution in [2.75, 3.05) is 18.8 Å². The quantitative estimate of drug-likeness (QED) is 0.825. The number of likely N-dealkylation sites (tertiary alicyclic amines) is 1. The molecular weight excluding hydrogens is 354 g/mol. The first-order valence-electron chi connectivity index (χ1n) is 8.35. The normalized spacial score (nSPS) is 19.8. The van der Waals surface area contributed by atoms with Gasteiger partial charge in [-0.3, -0.25) is 4.79 Å². The van der Waals surface area contributed by atoms with Crippen LogP contribution in [-0.4, -0.2) is 35.0 Å². The SMILES string of the molecule is CC1(C(=O)Oc2csc(N)n2)CCCN(C(=O)OCc2ccccc2)C1. The molecule has 2 heterocycles. The molecule has 0 saturated carbocycles. The lowest BCUT2D eigenvalue weighted by atomic mass is 9.82. The Balaban J connectivity index is 1.58. The third-order valence-electron chi connectivity index (χ3n) is 4.35. The summed E-state index contributed by atoms with van der Waals surface area (Å²) in [5.74, 6) is -0.217. The van der Waals surface area contributed by atoms with Gasteiger partial charge in [-0.05, 0) is 25.3 Å². The fraction of sp³-hybridized carbons (Fsp3) is 0.389. The van der Waals surface area contributed by atoms with Gasteiger partial charge in [0.2, 0.25) is 5.88 Å². The van der Waals surface area contributed by atoms with Crippen LogP contribution in [0.1, 0.15) is 25.3 Å². The average molecular weight is 375 g/mol. The Morgan fingerprint density at radius 1 is 1.35 bits per heavy atom. The zero-order valence-corrected chi connectivity index (χ0v) is 15.3. The van der Waals surface area contributed by atoms with E-state index < -0.39 is 17.5 Å². The second-order valence-electron chi connectivity index (χ2n) is 6.54. The third-order valence-corrected chi connectivity index (χ3v) is 5.00. The van der Waals surface area contributed by atoms with E-state index in [9.17, 15) is 9.59 Å². The summed E-state index contributed by atoms with van der Waals surface area (Å²) < 4.78 is 10.7. The van der Waals surface area contributed by atoms with Crippen LogP contribution in [0.15, 0.2) is 35.7 Å². The minimum absolute atomic E-state index is 0.197. The fourth-order valence-electron chi connectivity index (χ4n) is 2.91. The molecule has 3 rings (SSSR count). The van der Waals surface area contributed by atoms with Crippen molar-refractivity contribution in [3.8, 4) is 5.88 Å². The molecule has 1 saturated heterocycles. The van der Waals surface area contributed by atoms with Crippen LogP contribution in [0, 0.1) is 5.41 Å². The topological polar surface area (TPSA) is 94.8 Å². The van der Waals surface area contributed by atoms with Gasteiger partial charge in [-0.15, -0.1) is 11.3 Å². The largest absolute Gasteiger partial charge is 0.445 e. The Hall–Kier alpha value is -2.61. The number of carbonyl (C=O) groups excluding carboxylic acids is 2. The maximum atomic E-state index is 12.6.